The first-order valence-electron chi connectivity index (χ1n) is 8.10. The Kier molecular flexibility index (Phi) is 7.48. The minimum atomic E-state index is -1.64. The molecule has 0 fully saturated rings. The summed E-state index contributed by atoms with van der Waals surface area (Å²) in [5.74, 6) is -4.71. The van der Waals surface area contributed by atoms with Crippen molar-refractivity contribution in [3.63, 3.8) is 0 Å². The number of hydrogen-bond acceptors (Lipinski definition) is 2. The summed E-state index contributed by atoms with van der Waals surface area (Å²) in [5, 5.41) is 8.50. The number of guanidine groups is 1. The summed E-state index contributed by atoms with van der Waals surface area (Å²) < 4.78 is 39.7. The summed E-state index contributed by atoms with van der Waals surface area (Å²) in [7, 11) is 0. The van der Waals surface area contributed by atoms with Gasteiger partial charge >= 0.3 is 0 Å². The number of rotatable bonds is 6. The van der Waals surface area contributed by atoms with Crippen LogP contribution in [0.15, 0.2) is 41.4 Å². The topological polar surface area (TPSA) is 65.5 Å². The molecule has 0 saturated heterocycles. The van der Waals surface area contributed by atoms with Crippen LogP contribution in [-0.2, 0) is 11.3 Å². The van der Waals surface area contributed by atoms with E-state index in [0.29, 0.717) is 24.1 Å². The number of hydrogen-bond donors (Lipinski definition) is 3. The molecule has 9 heteroatoms. The van der Waals surface area contributed by atoms with Crippen LogP contribution in [0.4, 0.5) is 18.9 Å². The van der Waals surface area contributed by atoms with E-state index >= 15 is 0 Å². The molecule has 0 aromatic heterocycles. The molecule has 3 N–H and O–H groups in total. The average Bonchev–Trinajstić information content (AvgIpc) is 2.64. The number of amides is 1. The molecule has 0 aliphatic rings. The largest absolute Gasteiger partial charge is 0.357 e. The van der Waals surface area contributed by atoms with Gasteiger partial charge in [-0.15, -0.1) is 0 Å². The molecular formula is C18H18ClF3N4O. The number of nitrogens with one attached hydrogen (secondary N) is 3. The molecule has 0 atom stereocenters. The van der Waals surface area contributed by atoms with Crippen LogP contribution in [0.25, 0.3) is 0 Å². The predicted octanol–water partition coefficient (Wildman–Crippen LogP) is 3.45. The zero-order chi connectivity index (χ0) is 19.8. The first-order chi connectivity index (χ1) is 12.9. The van der Waals surface area contributed by atoms with Crippen molar-refractivity contribution in [3.05, 3.63) is 64.4 Å². The van der Waals surface area contributed by atoms with E-state index < -0.39 is 29.0 Å². The maximum absolute atomic E-state index is 13.6. The Bertz CT molecular complexity index is 845. The van der Waals surface area contributed by atoms with Gasteiger partial charge in [-0.05, 0) is 36.8 Å². The second kappa shape index (κ2) is 9.82. The van der Waals surface area contributed by atoms with E-state index in [1.54, 1.807) is 18.2 Å². The molecule has 0 spiro atoms. The lowest BCUT2D eigenvalue weighted by atomic mass is 10.2. The summed E-state index contributed by atoms with van der Waals surface area (Å²) in [6, 6.07) is 8.87. The van der Waals surface area contributed by atoms with E-state index in [1.165, 1.54) is 0 Å². The third-order valence-electron chi connectivity index (χ3n) is 3.38. The third-order valence-corrected chi connectivity index (χ3v) is 3.61. The Labute approximate surface area is 159 Å². The zero-order valence-electron chi connectivity index (χ0n) is 14.5. The first-order valence-corrected chi connectivity index (χ1v) is 8.48. The van der Waals surface area contributed by atoms with E-state index in [-0.39, 0.29) is 6.54 Å². The zero-order valence-corrected chi connectivity index (χ0v) is 15.2. The molecule has 0 heterocycles. The minimum absolute atomic E-state index is 0.250. The van der Waals surface area contributed by atoms with Crippen molar-refractivity contribution < 1.29 is 18.0 Å². The van der Waals surface area contributed by atoms with Crippen LogP contribution in [-0.4, -0.2) is 25.0 Å². The molecule has 2 aromatic rings. The Morgan fingerprint density at radius 2 is 1.89 bits per heavy atom. The lowest BCUT2D eigenvalue weighted by Gasteiger charge is -2.12. The summed E-state index contributed by atoms with van der Waals surface area (Å²) in [5.41, 5.74) is 0.439. The van der Waals surface area contributed by atoms with Crippen LogP contribution in [0.3, 0.4) is 0 Å². The van der Waals surface area contributed by atoms with Crippen molar-refractivity contribution in [1.29, 1.82) is 0 Å². The third kappa shape index (κ3) is 6.18. The first kappa shape index (κ1) is 20.6. The van der Waals surface area contributed by atoms with Gasteiger partial charge in [0.1, 0.15) is 0 Å². The monoisotopic (exact) mass is 398 g/mol. The standard InChI is InChI=1S/C18H18ClF3N4O/c1-2-23-18(24-9-11-4-3-5-12(19)8-11)25-10-15(27)26-14-7-6-13(20)16(21)17(14)22/h3-8H,2,9-10H2,1H3,(H,26,27)(H2,23,24,25). The van der Waals surface area contributed by atoms with Gasteiger partial charge in [-0.25, -0.2) is 18.2 Å². The van der Waals surface area contributed by atoms with Gasteiger partial charge in [0.25, 0.3) is 0 Å². The number of aliphatic imine (C=N–C) groups is 1. The Morgan fingerprint density at radius 3 is 2.59 bits per heavy atom. The van der Waals surface area contributed by atoms with E-state index in [0.717, 1.165) is 17.7 Å². The summed E-state index contributed by atoms with van der Waals surface area (Å²) in [4.78, 5) is 16.3. The molecule has 0 bridgehead atoms. The number of halogens is 4. The van der Waals surface area contributed by atoms with Crippen LogP contribution >= 0.6 is 11.6 Å². The number of nitrogens with zero attached hydrogens (tertiary/aromatic N) is 1. The van der Waals surface area contributed by atoms with Crippen molar-refractivity contribution in [2.75, 3.05) is 18.4 Å². The average molecular weight is 399 g/mol. The van der Waals surface area contributed by atoms with E-state index in [4.69, 9.17) is 11.6 Å². The molecule has 2 rings (SSSR count). The van der Waals surface area contributed by atoms with E-state index in [1.807, 2.05) is 13.0 Å². The molecule has 1 amide bonds. The van der Waals surface area contributed by atoms with Gasteiger partial charge in [-0.2, -0.15) is 0 Å². The van der Waals surface area contributed by atoms with Crippen molar-refractivity contribution in [1.82, 2.24) is 10.6 Å². The van der Waals surface area contributed by atoms with Gasteiger partial charge in [0.2, 0.25) is 5.91 Å². The highest BCUT2D eigenvalue weighted by molar-refractivity contribution is 6.30. The molecule has 0 aliphatic heterocycles. The van der Waals surface area contributed by atoms with E-state index in [2.05, 4.69) is 20.9 Å². The summed E-state index contributed by atoms with van der Waals surface area (Å²) in [6.07, 6.45) is 0. The van der Waals surface area contributed by atoms with Crippen molar-refractivity contribution in [2.45, 2.75) is 13.5 Å². The van der Waals surface area contributed by atoms with Crippen LogP contribution in [0.5, 0.6) is 0 Å². The van der Waals surface area contributed by atoms with Crippen molar-refractivity contribution >= 4 is 29.2 Å². The SMILES string of the molecule is CCNC(=NCc1cccc(Cl)c1)NCC(=O)Nc1ccc(F)c(F)c1F. The second-order valence-corrected chi connectivity index (χ2v) is 5.89. The minimum Gasteiger partial charge on any atom is -0.357 e. The van der Waals surface area contributed by atoms with Crippen LogP contribution in [0, 0.1) is 17.5 Å². The van der Waals surface area contributed by atoms with Gasteiger partial charge in [0.05, 0.1) is 18.8 Å². The number of carbonyl (C=O) groups is 1. The van der Waals surface area contributed by atoms with Gasteiger partial charge < -0.3 is 16.0 Å². The highest BCUT2D eigenvalue weighted by atomic mass is 35.5. The van der Waals surface area contributed by atoms with Gasteiger partial charge in [-0.1, -0.05) is 23.7 Å². The Hall–Kier alpha value is -2.74. The van der Waals surface area contributed by atoms with Crippen LogP contribution < -0.4 is 16.0 Å². The normalized spacial score (nSPS) is 11.2. The van der Waals surface area contributed by atoms with E-state index in [9.17, 15) is 18.0 Å². The highest BCUT2D eigenvalue weighted by Gasteiger charge is 2.15. The molecule has 0 radical (unpaired) electrons. The van der Waals surface area contributed by atoms with Crippen LogP contribution in [0.1, 0.15) is 12.5 Å². The maximum atomic E-state index is 13.6. The highest BCUT2D eigenvalue weighted by Crippen LogP contribution is 2.19. The van der Waals surface area contributed by atoms with Gasteiger partial charge in [0, 0.05) is 11.6 Å². The maximum Gasteiger partial charge on any atom is 0.243 e. The lowest BCUT2D eigenvalue weighted by molar-refractivity contribution is -0.115. The predicted molar refractivity (Wildman–Crippen MR) is 99.2 cm³/mol. The molecule has 0 unspecified atom stereocenters. The number of anilines is 1. The molecule has 0 aliphatic carbocycles. The van der Waals surface area contributed by atoms with Gasteiger partial charge in [-0.3, -0.25) is 4.79 Å². The van der Waals surface area contributed by atoms with Gasteiger partial charge in [0.15, 0.2) is 23.4 Å². The lowest BCUT2D eigenvalue weighted by Crippen LogP contribution is -2.41. The van der Waals surface area contributed by atoms with Crippen LogP contribution in [0.2, 0.25) is 5.02 Å². The van der Waals surface area contributed by atoms with Crippen molar-refractivity contribution in [2.24, 2.45) is 4.99 Å². The molecule has 144 valence electrons. The fraction of sp³-hybridized carbons (Fsp3) is 0.222. The molecular weight excluding hydrogens is 381 g/mol. The summed E-state index contributed by atoms with van der Waals surface area (Å²) >= 11 is 5.92. The molecule has 27 heavy (non-hydrogen) atoms. The van der Waals surface area contributed by atoms with Crippen molar-refractivity contribution in [3.8, 4) is 0 Å². The molecule has 5 nitrogen and oxygen atoms in total. The second-order valence-electron chi connectivity index (χ2n) is 5.45. The number of carbonyl (C=O) groups excluding carboxylic acids is 1. The number of benzene rings is 2. The molecule has 0 saturated carbocycles. The molecule has 2 aromatic carbocycles. The Morgan fingerprint density at radius 1 is 1.11 bits per heavy atom. The quantitative estimate of drug-likeness (QED) is 0.396. The smallest absolute Gasteiger partial charge is 0.243 e. The Balaban J connectivity index is 1.95. The summed E-state index contributed by atoms with van der Waals surface area (Å²) in [6.45, 7) is 2.49. The fourth-order valence-corrected chi connectivity index (χ4v) is 2.34. The fourth-order valence-electron chi connectivity index (χ4n) is 2.13.